The highest BCUT2D eigenvalue weighted by molar-refractivity contribution is 7.89. The zero-order valence-corrected chi connectivity index (χ0v) is 16.5. The van der Waals surface area contributed by atoms with Gasteiger partial charge in [0, 0.05) is 25.2 Å². The summed E-state index contributed by atoms with van der Waals surface area (Å²) in [6.07, 6.45) is 0. The molecule has 0 atom stereocenters. The predicted octanol–water partition coefficient (Wildman–Crippen LogP) is 2.79. The van der Waals surface area contributed by atoms with Crippen molar-refractivity contribution in [3.05, 3.63) is 59.4 Å². The zero-order chi connectivity index (χ0) is 20.2. The van der Waals surface area contributed by atoms with Crippen LogP contribution in [0.4, 0.5) is 4.39 Å². The lowest BCUT2D eigenvalue weighted by Crippen LogP contribution is -2.31. The summed E-state index contributed by atoms with van der Waals surface area (Å²) >= 11 is 0. The van der Waals surface area contributed by atoms with Gasteiger partial charge in [0.1, 0.15) is 11.6 Å². The molecule has 2 aromatic rings. The van der Waals surface area contributed by atoms with Gasteiger partial charge in [-0.15, -0.1) is 0 Å². The summed E-state index contributed by atoms with van der Waals surface area (Å²) in [6, 6.07) is 9.91. The number of rotatable bonds is 7. The standard InChI is InChI=1S/C19H23FN2O4S/c1-13(2)21-19(23)16-11-15(9-10-18(16)26-4)27(24,25)22(3)12-14-7-5-6-8-17(14)20/h5-11,13H,12H2,1-4H3,(H,21,23). The van der Waals surface area contributed by atoms with Crippen molar-refractivity contribution in [3.8, 4) is 5.75 Å². The van der Waals surface area contributed by atoms with Crippen LogP contribution in [0.25, 0.3) is 0 Å². The Balaban J connectivity index is 2.37. The summed E-state index contributed by atoms with van der Waals surface area (Å²) in [4.78, 5) is 12.3. The van der Waals surface area contributed by atoms with Crippen molar-refractivity contribution in [2.75, 3.05) is 14.2 Å². The molecular formula is C19H23FN2O4S. The molecule has 27 heavy (non-hydrogen) atoms. The van der Waals surface area contributed by atoms with Crippen LogP contribution in [0.5, 0.6) is 5.75 Å². The summed E-state index contributed by atoms with van der Waals surface area (Å²) in [5.74, 6) is -0.647. The van der Waals surface area contributed by atoms with Crippen molar-refractivity contribution in [3.63, 3.8) is 0 Å². The molecule has 1 amide bonds. The number of hydrogen-bond acceptors (Lipinski definition) is 4. The van der Waals surface area contributed by atoms with Gasteiger partial charge in [0.15, 0.2) is 0 Å². The van der Waals surface area contributed by atoms with Crippen LogP contribution in [0, 0.1) is 5.82 Å². The number of nitrogens with zero attached hydrogens (tertiary/aromatic N) is 1. The molecule has 0 aliphatic carbocycles. The highest BCUT2D eigenvalue weighted by atomic mass is 32.2. The molecule has 0 spiro atoms. The van der Waals surface area contributed by atoms with E-state index in [0.29, 0.717) is 0 Å². The minimum absolute atomic E-state index is 0.0731. The van der Waals surface area contributed by atoms with E-state index in [-0.39, 0.29) is 34.4 Å². The van der Waals surface area contributed by atoms with Crippen molar-refractivity contribution in [2.24, 2.45) is 0 Å². The number of halogens is 1. The quantitative estimate of drug-likeness (QED) is 0.784. The largest absolute Gasteiger partial charge is 0.496 e. The molecule has 0 bridgehead atoms. The maximum Gasteiger partial charge on any atom is 0.255 e. The second-order valence-corrected chi connectivity index (χ2v) is 8.39. The van der Waals surface area contributed by atoms with E-state index in [1.807, 2.05) is 0 Å². The maximum atomic E-state index is 13.8. The third kappa shape index (κ3) is 4.84. The van der Waals surface area contributed by atoms with Gasteiger partial charge in [0.05, 0.1) is 17.6 Å². The Labute approximate surface area is 159 Å². The maximum absolute atomic E-state index is 13.8. The predicted molar refractivity (Wildman–Crippen MR) is 101 cm³/mol. The van der Waals surface area contributed by atoms with Crippen LogP contribution in [-0.2, 0) is 16.6 Å². The number of ether oxygens (including phenoxy) is 1. The zero-order valence-electron chi connectivity index (χ0n) is 15.7. The average molecular weight is 394 g/mol. The lowest BCUT2D eigenvalue weighted by atomic mass is 10.2. The van der Waals surface area contributed by atoms with Gasteiger partial charge in [0.2, 0.25) is 10.0 Å². The van der Waals surface area contributed by atoms with Crippen LogP contribution in [0.1, 0.15) is 29.8 Å². The second kappa shape index (κ2) is 8.49. The molecule has 2 rings (SSSR count). The lowest BCUT2D eigenvalue weighted by Gasteiger charge is -2.19. The Bertz CT molecular complexity index is 929. The fourth-order valence-corrected chi connectivity index (χ4v) is 3.67. The van der Waals surface area contributed by atoms with E-state index in [1.54, 1.807) is 19.9 Å². The third-order valence-corrected chi connectivity index (χ3v) is 5.69. The highest BCUT2D eigenvalue weighted by Crippen LogP contribution is 2.25. The summed E-state index contributed by atoms with van der Waals surface area (Å²) in [7, 11) is -1.17. The van der Waals surface area contributed by atoms with E-state index in [2.05, 4.69) is 5.32 Å². The molecule has 1 N–H and O–H groups in total. The number of nitrogens with one attached hydrogen (secondary N) is 1. The van der Waals surface area contributed by atoms with Gasteiger partial charge in [-0.2, -0.15) is 4.31 Å². The molecule has 0 fully saturated rings. The summed E-state index contributed by atoms with van der Waals surface area (Å²) < 4.78 is 45.8. The average Bonchev–Trinajstić information content (AvgIpc) is 2.62. The fraction of sp³-hybridized carbons (Fsp3) is 0.316. The smallest absolute Gasteiger partial charge is 0.255 e. The molecule has 146 valence electrons. The van der Waals surface area contributed by atoms with Crippen molar-refractivity contribution in [1.82, 2.24) is 9.62 Å². The Morgan fingerprint density at radius 1 is 1.22 bits per heavy atom. The molecule has 8 heteroatoms. The van der Waals surface area contributed by atoms with Crippen LogP contribution >= 0.6 is 0 Å². The molecule has 0 heterocycles. The first-order chi connectivity index (χ1) is 12.7. The van der Waals surface area contributed by atoms with Gasteiger partial charge < -0.3 is 10.1 Å². The van der Waals surface area contributed by atoms with E-state index < -0.39 is 21.7 Å². The topological polar surface area (TPSA) is 75.7 Å². The Kier molecular flexibility index (Phi) is 6.56. The van der Waals surface area contributed by atoms with Crippen LogP contribution < -0.4 is 10.1 Å². The molecule has 0 aliphatic heterocycles. The molecule has 0 radical (unpaired) electrons. The van der Waals surface area contributed by atoms with Crippen LogP contribution in [0.2, 0.25) is 0 Å². The lowest BCUT2D eigenvalue weighted by molar-refractivity contribution is 0.0940. The number of carbonyl (C=O) groups is 1. The SMILES string of the molecule is COc1ccc(S(=O)(=O)N(C)Cc2ccccc2F)cc1C(=O)NC(C)C. The minimum atomic E-state index is -3.93. The minimum Gasteiger partial charge on any atom is -0.496 e. The van der Waals surface area contributed by atoms with E-state index in [1.165, 1.54) is 50.6 Å². The summed E-state index contributed by atoms with van der Waals surface area (Å²) in [5.41, 5.74) is 0.376. The third-order valence-electron chi connectivity index (χ3n) is 3.89. The van der Waals surface area contributed by atoms with E-state index >= 15 is 0 Å². The number of amides is 1. The Morgan fingerprint density at radius 2 is 1.89 bits per heavy atom. The molecule has 6 nitrogen and oxygen atoms in total. The first kappa shape index (κ1) is 20.9. The van der Waals surface area contributed by atoms with Crippen molar-refractivity contribution in [2.45, 2.75) is 31.3 Å². The van der Waals surface area contributed by atoms with Gasteiger partial charge in [-0.05, 0) is 38.1 Å². The monoisotopic (exact) mass is 394 g/mol. The number of sulfonamides is 1. The first-order valence-electron chi connectivity index (χ1n) is 8.35. The Hall–Kier alpha value is -2.45. The van der Waals surface area contributed by atoms with Gasteiger partial charge in [-0.25, -0.2) is 12.8 Å². The molecule has 0 aromatic heterocycles. The Morgan fingerprint density at radius 3 is 2.48 bits per heavy atom. The van der Waals surface area contributed by atoms with E-state index in [0.717, 1.165) is 4.31 Å². The summed E-state index contributed by atoms with van der Waals surface area (Å²) in [5, 5.41) is 2.71. The van der Waals surface area contributed by atoms with Crippen molar-refractivity contribution in [1.29, 1.82) is 0 Å². The second-order valence-electron chi connectivity index (χ2n) is 6.34. The molecule has 0 aliphatic rings. The number of methoxy groups -OCH3 is 1. The number of carbonyl (C=O) groups excluding carboxylic acids is 1. The molecule has 2 aromatic carbocycles. The van der Waals surface area contributed by atoms with Crippen LogP contribution in [0.3, 0.4) is 0 Å². The van der Waals surface area contributed by atoms with Crippen LogP contribution in [0.15, 0.2) is 47.4 Å². The van der Waals surface area contributed by atoms with Gasteiger partial charge in [0.25, 0.3) is 5.91 Å². The van der Waals surface area contributed by atoms with E-state index in [4.69, 9.17) is 4.74 Å². The van der Waals surface area contributed by atoms with Gasteiger partial charge >= 0.3 is 0 Å². The molecule has 0 saturated carbocycles. The molecular weight excluding hydrogens is 371 g/mol. The van der Waals surface area contributed by atoms with Crippen molar-refractivity contribution < 1.29 is 22.3 Å². The molecule has 0 unspecified atom stereocenters. The summed E-state index contributed by atoms with van der Waals surface area (Å²) in [6.45, 7) is 3.47. The normalized spacial score (nSPS) is 11.7. The van der Waals surface area contributed by atoms with E-state index in [9.17, 15) is 17.6 Å². The van der Waals surface area contributed by atoms with Crippen molar-refractivity contribution >= 4 is 15.9 Å². The van der Waals surface area contributed by atoms with Gasteiger partial charge in [-0.3, -0.25) is 4.79 Å². The number of benzene rings is 2. The highest BCUT2D eigenvalue weighted by Gasteiger charge is 2.25. The van der Waals surface area contributed by atoms with Gasteiger partial charge in [-0.1, -0.05) is 18.2 Å². The fourth-order valence-electron chi connectivity index (χ4n) is 2.50. The number of hydrogen-bond donors (Lipinski definition) is 1. The van der Waals surface area contributed by atoms with Crippen LogP contribution in [-0.4, -0.2) is 38.8 Å². The first-order valence-corrected chi connectivity index (χ1v) is 9.79. The molecule has 0 saturated heterocycles.